The predicted octanol–water partition coefficient (Wildman–Crippen LogP) is 5.54. The highest BCUT2D eigenvalue weighted by Gasteiger charge is 2.38. The minimum Gasteiger partial charge on any atom is -0.326 e. The van der Waals surface area contributed by atoms with Gasteiger partial charge in [0.15, 0.2) is 5.78 Å². The largest absolute Gasteiger partial charge is 0.326 e. The summed E-state index contributed by atoms with van der Waals surface area (Å²) in [6.45, 7) is 2.16. The van der Waals surface area contributed by atoms with Gasteiger partial charge in [0.1, 0.15) is 28.8 Å². The third-order valence-corrected chi connectivity index (χ3v) is 8.13. The SMILES string of the molecule is C[C@H]1C[C@@H](c2ccncc2CC(=O)c2ccc(F)c(-c3c(F)cccc3F)n2)C[C@@H](N)[C@H]1n1cc(C2CC2)nn1. The number of hydrogen-bond donors (Lipinski definition) is 1. The van der Waals surface area contributed by atoms with Gasteiger partial charge in [-0.3, -0.25) is 9.78 Å². The first kappa shape index (κ1) is 26.3. The molecule has 0 amide bonds. The Bertz CT molecular complexity index is 1540. The van der Waals surface area contributed by atoms with E-state index in [0.29, 0.717) is 12.3 Å². The summed E-state index contributed by atoms with van der Waals surface area (Å²) in [6.07, 6.45) is 9.19. The van der Waals surface area contributed by atoms with Crippen molar-refractivity contribution in [2.75, 3.05) is 0 Å². The quantitative estimate of drug-likeness (QED) is 0.306. The number of halogens is 3. The summed E-state index contributed by atoms with van der Waals surface area (Å²) in [4.78, 5) is 21.6. The maximum atomic E-state index is 14.5. The lowest BCUT2D eigenvalue weighted by Crippen LogP contribution is -2.42. The zero-order valence-corrected chi connectivity index (χ0v) is 22.0. The van der Waals surface area contributed by atoms with E-state index >= 15 is 0 Å². The van der Waals surface area contributed by atoms with Crippen LogP contribution in [0.25, 0.3) is 11.3 Å². The van der Waals surface area contributed by atoms with Crippen LogP contribution >= 0.6 is 0 Å². The molecule has 1 aromatic carbocycles. The summed E-state index contributed by atoms with van der Waals surface area (Å²) >= 11 is 0. The summed E-state index contributed by atoms with van der Waals surface area (Å²) in [6, 6.07) is 7.24. The number of Topliss-reactive ketones (excluding diaryl/α,β-unsaturated/α-hetero) is 1. The van der Waals surface area contributed by atoms with Gasteiger partial charge >= 0.3 is 0 Å². The number of nitrogens with zero attached hydrogens (tertiary/aromatic N) is 5. The van der Waals surface area contributed by atoms with Crippen LogP contribution in [0.15, 0.2) is 55.0 Å². The van der Waals surface area contributed by atoms with Gasteiger partial charge in [-0.1, -0.05) is 18.2 Å². The molecule has 0 radical (unpaired) electrons. The van der Waals surface area contributed by atoms with Gasteiger partial charge in [-0.15, -0.1) is 5.10 Å². The third-order valence-electron chi connectivity index (χ3n) is 8.13. The summed E-state index contributed by atoms with van der Waals surface area (Å²) in [5, 5.41) is 8.74. The van der Waals surface area contributed by atoms with Gasteiger partial charge in [0.25, 0.3) is 0 Å². The van der Waals surface area contributed by atoms with E-state index in [1.165, 1.54) is 12.1 Å². The number of ketones is 1. The van der Waals surface area contributed by atoms with Crippen LogP contribution < -0.4 is 5.73 Å². The molecule has 206 valence electrons. The minimum absolute atomic E-state index is 0.0313. The number of rotatable bonds is 7. The molecular weight excluding hydrogens is 517 g/mol. The first-order valence-corrected chi connectivity index (χ1v) is 13.5. The predicted molar refractivity (Wildman–Crippen MR) is 142 cm³/mol. The monoisotopic (exact) mass is 546 g/mol. The van der Waals surface area contributed by atoms with Crippen molar-refractivity contribution in [2.45, 2.75) is 62.9 Å². The van der Waals surface area contributed by atoms with Crippen molar-refractivity contribution in [3.05, 3.63) is 95.0 Å². The molecule has 3 heterocycles. The normalized spacial score (nSPS) is 22.8. The average Bonchev–Trinajstić information content (AvgIpc) is 3.67. The molecule has 2 aliphatic carbocycles. The molecule has 0 bridgehead atoms. The van der Waals surface area contributed by atoms with E-state index < -0.39 is 34.5 Å². The molecule has 2 N–H and O–H groups in total. The molecule has 3 aromatic heterocycles. The van der Waals surface area contributed by atoms with Crippen LogP contribution in [0.1, 0.15) is 77.8 Å². The molecule has 0 aliphatic heterocycles. The van der Waals surface area contributed by atoms with Crippen LogP contribution in [-0.4, -0.2) is 36.8 Å². The molecule has 6 rings (SSSR count). The van der Waals surface area contributed by atoms with Gasteiger partial charge in [0, 0.05) is 37.0 Å². The second kappa shape index (κ2) is 10.6. The van der Waals surface area contributed by atoms with E-state index in [2.05, 4.69) is 27.2 Å². The van der Waals surface area contributed by atoms with Crippen molar-refractivity contribution in [1.82, 2.24) is 25.0 Å². The molecule has 0 saturated heterocycles. The maximum Gasteiger partial charge on any atom is 0.185 e. The topological polar surface area (TPSA) is 99.6 Å². The van der Waals surface area contributed by atoms with Crippen molar-refractivity contribution in [3.63, 3.8) is 0 Å². The highest BCUT2D eigenvalue weighted by molar-refractivity contribution is 5.96. The number of hydrogen-bond acceptors (Lipinski definition) is 6. The summed E-state index contributed by atoms with van der Waals surface area (Å²) in [7, 11) is 0. The molecule has 0 unspecified atom stereocenters. The van der Waals surface area contributed by atoms with Crippen molar-refractivity contribution >= 4 is 5.78 Å². The molecule has 4 aromatic rings. The van der Waals surface area contributed by atoms with E-state index in [0.717, 1.165) is 54.3 Å². The number of carbonyl (C=O) groups excluding carboxylic acids is 1. The number of carbonyl (C=O) groups is 1. The molecule has 40 heavy (non-hydrogen) atoms. The van der Waals surface area contributed by atoms with Gasteiger partial charge in [-0.05, 0) is 79.0 Å². The summed E-state index contributed by atoms with van der Waals surface area (Å²) in [5.74, 6) is -2.40. The number of benzene rings is 1. The Kier molecular flexibility index (Phi) is 6.95. The van der Waals surface area contributed by atoms with Crippen LogP contribution in [0.4, 0.5) is 13.2 Å². The van der Waals surface area contributed by atoms with Gasteiger partial charge in [0.2, 0.25) is 0 Å². The Balaban J connectivity index is 1.22. The van der Waals surface area contributed by atoms with Gasteiger partial charge < -0.3 is 5.73 Å². The third kappa shape index (κ3) is 5.03. The van der Waals surface area contributed by atoms with Gasteiger partial charge in [-0.2, -0.15) is 0 Å². The Morgan fingerprint density at radius 3 is 2.52 bits per heavy atom. The molecule has 2 fully saturated rings. The lowest BCUT2D eigenvalue weighted by molar-refractivity contribution is 0.0987. The maximum absolute atomic E-state index is 14.5. The molecule has 7 nitrogen and oxygen atoms in total. The second-order valence-corrected chi connectivity index (χ2v) is 11.0. The first-order valence-electron chi connectivity index (χ1n) is 13.5. The second-order valence-electron chi connectivity index (χ2n) is 11.0. The van der Waals surface area contributed by atoms with E-state index in [4.69, 9.17) is 5.73 Å². The van der Waals surface area contributed by atoms with Crippen molar-refractivity contribution in [3.8, 4) is 11.3 Å². The van der Waals surface area contributed by atoms with Gasteiger partial charge in [0.05, 0.1) is 17.3 Å². The van der Waals surface area contributed by atoms with Crippen LogP contribution in [0.5, 0.6) is 0 Å². The van der Waals surface area contributed by atoms with Gasteiger partial charge in [-0.25, -0.2) is 22.8 Å². The Labute approximate surface area is 229 Å². The summed E-state index contributed by atoms with van der Waals surface area (Å²) < 4.78 is 45.1. The van der Waals surface area contributed by atoms with E-state index in [9.17, 15) is 18.0 Å². The van der Waals surface area contributed by atoms with Crippen molar-refractivity contribution < 1.29 is 18.0 Å². The van der Waals surface area contributed by atoms with E-state index in [1.54, 1.807) is 12.4 Å². The highest BCUT2D eigenvalue weighted by Crippen LogP contribution is 2.43. The Morgan fingerprint density at radius 2 is 1.80 bits per heavy atom. The van der Waals surface area contributed by atoms with Crippen LogP contribution in [0.3, 0.4) is 0 Å². The lowest BCUT2D eigenvalue weighted by Gasteiger charge is -2.39. The standard InChI is InChI=1S/C30H29F3N6O/c1-16-11-18(12-24(34)30(16)39-15-26(37-38-39)17-5-6-17)20-9-10-35-14-19(20)13-27(40)25-8-7-23(33)29(36-25)28-21(31)3-2-4-22(28)32/h2-4,7-10,14-18,24,30H,5-6,11-13,34H2,1H3/t16-,18+,24+,30-/m0/s1. The Morgan fingerprint density at radius 1 is 1.02 bits per heavy atom. The number of pyridine rings is 2. The van der Waals surface area contributed by atoms with Crippen LogP contribution in [-0.2, 0) is 6.42 Å². The highest BCUT2D eigenvalue weighted by atomic mass is 19.1. The van der Waals surface area contributed by atoms with Crippen molar-refractivity contribution in [2.24, 2.45) is 11.7 Å². The van der Waals surface area contributed by atoms with E-state index in [1.807, 2.05) is 16.9 Å². The zero-order valence-electron chi connectivity index (χ0n) is 22.0. The van der Waals surface area contributed by atoms with Crippen molar-refractivity contribution in [1.29, 1.82) is 0 Å². The molecule has 10 heteroatoms. The molecule has 4 atom stereocenters. The number of nitrogens with two attached hydrogens (primary N) is 1. The summed E-state index contributed by atoms with van der Waals surface area (Å²) in [5.41, 5.74) is 8.21. The lowest BCUT2D eigenvalue weighted by atomic mass is 9.72. The molecule has 0 spiro atoms. The molecule has 2 saturated carbocycles. The fraction of sp³-hybridized carbons (Fsp3) is 0.367. The Hall–Kier alpha value is -3.92. The smallest absolute Gasteiger partial charge is 0.185 e. The molecular formula is C30H29F3N6O. The number of aromatic nitrogens is 5. The fourth-order valence-electron chi connectivity index (χ4n) is 6.03. The van der Waals surface area contributed by atoms with E-state index in [-0.39, 0.29) is 36.0 Å². The average molecular weight is 547 g/mol. The first-order chi connectivity index (χ1) is 19.3. The fourth-order valence-corrected chi connectivity index (χ4v) is 6.03. The van der Waals surface area contributed by atoms with Crippen LogP contribution in [0, 0.1) is 23.4 Å². The molecule has 2 aliphatic rings. The zero-order chi connectivity index (χ0) is 28.0. The minimum atomic E-state index is -0.957. The van der Waals surface area contributed by atoms with Crippen LogP contribution in [0.2, 0.25) is 0 Å².